The van der Waals surface area contributed by atoms with Crippen LogP contribution in [0.5, 0.6) is 0 Å². The van der Waals surface area contributed by atoms with Crippen molar-refractivity contribution in [1.82, 2.24) is 14.8 Å². The highest BCUT2D eigenvalue weighted by molar-refractivity contribution is 5.95. The van der Waals surface area contributed by atoms with Gasteiger partial charge < -0.3 is 10.9 Å². The van der Waals surface area contributed by atoms with Gasteiger partial charge in [0.15, 0.2) is 5.84 Å². The van der Waals surface area contributed by atoms with E-state index in [1.165, 1.54) is 19.4 Å². The van der Waals surface area contributed by atoms with Crippen LogP contribution in [0.4, 0.5) is 0 Å². The molecule has 0 aromatic carbocycles. The van der Waals surface area contributed by atoms with E-state index in [0.717, 1.165) is 25.2 Å². The maximum Gasteiger partial charge on any atom is 0.188 e. The molecule has 2 saturated heterocycles. The van der Waals surface area contributed by atoms with Crippen LogP contribution in [0, 0.1) is 0 Å². The maximum atomic E-state index is 8.75. The largest absolute Gasteiger partial charge is 0.409 e. The summed E-state index contributed by atoms with van der Waals surface area (Å²) >= 11 is 0. The number of aromatic nitrogens is 1. The molecule has 6 heteroatoms. The highest BCUT2D eigenvalue weighted by Crippen LogP contribution is 2.25. The molecular weight excluding hydrogens is 266 g/mol. The molecule has 0 amide bonds. The minimum atomic E-state index is 0.0607. The highest BCUT2D eigenvalue weighted by Gasteiger charge is 2.34. The smallest absolute Gasteiger partial charge is 0.188 e. The Morgan fingerprint density at radius 1 is 1.52 bits per heavy atom. The first-order valence-electron chi connectivity index (χ1n) is 7.58. The van der Waals surface area contributed by atoms with Crippen molar-refractivity contribution in [2.45, 2.75) is 38.4 Å². The zero-order chi connectivity index (χ0) is 14.8. The Balaban J connectivity index is 1.71. The summed E-state index contributed by atoms with van der Waals surface area (Å²) in [6, 6.07) is 5.18. The molecule has 0 spiro atoms. The first-order chi connectivity index (χ1) is 10.2. The summed E-state index contributed by atoms with van der Waals surface area (Å²) in [6.07, 6.45) is 4.36. The minimum Gasteiger partial charge on any atom is -0.409 e. The van der Waals surface area contributed by atoms with E-state index in [9.17, 15) is 0 Å². The first-order valence-corrected chi connectivity index (χ1v) is 7.58. The van der Waals surface area contributed by atoms with Crippen LogP contribution in [0.15, 0.2) is 23.5 Å². The molecule has 0 aliphatic carbocycles. The molecule has 0 bridgehead atoms. The van der Waals surface area contributed by atoms with Gasteiger partial charge in [-0.25, -0.2) is 0 Å². The van der Waals surface area contributed by atoms with Gasteiger partial charge in [0.2, 0.25) is 0 Å². The van der Waals surface area contributed by atoms with Crippen LogP contribution in [0.2, 0.25) is 0 Å². The van der Waals surface area contributed by atoms with Gasteiger partial charge in [-0.2, -0.15) is 0 Å². The third kappa shape index (κ3) is 3.01. The quantitative estimate of drug-likeness (QED) is 0.373. The Morgan fingerprint density at radius 3 is 3.19 bits per heavy atom. The van der Waals surface area contributed by atoms with E-state index >= 15 is 0 Å². The van der Waals surface area contributed by atoms with Gasteiger partial charge >= 0.3 is 0 Å². The van der Waals surface area contributed by atoms with E-state index in [0.29, 0.717) is 17.8 Å². The molecule has 2 unspecified atom stereocenters. The lowest BCUT2D eigenvalue weighted by molar-refractivity contribution is 0.0540. The zero-order valence-electron chi connectivity index (χ0n) is 12.4. The zero-order valence-corrected chi connectivity index (χ0v) is 12.4. The second kappa shape index (κ2) is 5.99. The third-order valence-electron chi connectivity index (χ3n) is 4.65. The van der Waals surface area contributed by atoms with Crippen LogP contribution >= 0.6 is 0 Å². The summed E-state index contributed by atoms with van der Waals surface area (Å²) in [4.78, 5) is 9.28. The summed E-state index contributed by atoms with van der Waals surface area (Å²) in [5.74, 6) is 0.0607. The lowest BCUT2D eigenvalue weighted by Crippen LogP contribution is -2.54. The van der Waals surface area contributed by atoms with Gasteiger partial charge in [-0.05, 0) is 44.0 Å². The lowest BCUT2D eigenvalue weighted by atomic mass is 10.1. The summed E-state index contributed by atoms with van der Waals surface area (Å²) in [5.41, 5.74) is 7.30. The van der Waals surface area contributed by atoms with Crippen LogP contribution in [-0.4, -0.2) is 57.5 Å². The molecule has 0 saturated carbocycles. The average Bonchev–Trinajstić information content (AvgIpc) is 2.94. The standard InChI is InChI=1S/C15H23N5O/c1-11-8-19-6-2-3-13(19)10-20(11)9-12-4-5-17-14(7-12)15(16)18-21/h4-5,7,11,13,21H,2-3,6,8-10H2,1H3,(H2,16,18). The van der Waals surface area contributed by atoms with E-state index in [4.69, 9.17) is 10.9 Å². The van der Waals surface area contributed by atoms with Crippen LogP contribution in [0.25, 0.3) is 0 Å². The van der Waals surface area contributed by atoms with Crippen LogP contribution in [0.3, 0.4) is 0 Å². The van der Waals surface area contributed by atoms with Crippen molar-refractivity contribution in [3.05, 3.63) is 29.6 Å². The van der Waals surface area contributed by atoms with Crippen molar-refractivity contribution in [2.24, 2.45) is 10.9 Å². The average molecular weight is 289 g/mol. The molecule has 2 fully saturated rings. The predicted octanol–water partition coefficient (Wildman–Crippen LogP) is 0.845. The Hall–Kier alpha value is -1.66. The SMILES string of the molecule is CC1CN2CCCC2CN1Cc1ccnc(/C(N)=N/O)c1. The van der Waals surface area contributed by atoms with Crippen molar-refractivity contribution in [3.8, 4) is 0 Å². The molecular formula is C15H23N5O. The van der Waals surface area contributed by atoms with Crippen LogP contribution in [0.1, 0.15) is 31.0 Å². The van der Waals surface area contributed by atoms with Gasteiger partial charge in [0.25, 0.3) is 0 Å². The van der Waals surface area contributed by atoms with Crippen molar-refractivity contribution >= 4 is 5.84 Å². The Morgan fingerprint density at radius 2 is 2.38 bits per heavy atom. The van der Waals surface area contributed by atoms with Crippen molar-refractivity contribution in [2.75, 3.05) is 19.6 Å². The Labute approximate surface area is 125 Å². The fourth-order valence-corrected chi connectivity index (χ4v) is 3.47. The predicted molar refractivity (Wildman–Crippen MR) is 81.2 cm³/mol. The molecule has 1 aromatic heterocycles. The first kappa shape index (κ1) is 14.3. The number of hydrogen-bond donors (Lipinski definition) is 2. The number of oxime groups is 1. The molecule has 3 N–H and O–H groups in total. The molecule has 21 heavy (non-hydrogen) atoms. The minimum absolute atomic E-state index is 0.0607. The number of pyridine rings is 1. The number of fused-ring (bicyclic) bond motifs is 1. The number of hydrogen-bond acceptors (Lipinski definition) is 5. The third-order valence-corrected chi connectivity index (χ3v) is 4.65. The summed E-state index contributed by atoms with van der Waals surface area (Å²) in [6.45, 7) is 6.72. The van der Waals surface area contributed by atoms with Gasteiger partial charge in [0, 0.05) is 37.9 Å². The van der Waals surface area contributed by atoms with E-state index in [-0.39, 0.29) is 5.84 Å². The second-order valence-corrected chi connectivity index (χ2v) is 6.10. The van der Waals surface area contributed by atoms with E-state index < -0.39 is 0 Å². The normalized spacial score (nSPS) is 27.8. The summed E-state index contributed by atoms with van der Waals surface area (Å²) in [7, 11) is 0. The van der Waals surface area contributed by atoms with Crippen LogP contribution < -0.4 is 5.73 Å². The molecule has 114 valence electrons. The fourth-order valence-electron chi connectivity index (χ4n) is 3.47. The molecule has 3 rings (SSSR count). The van der Waals surface area contributed by atoms with Crippen molar-refractivity contribution in [1.29, 1.82) is 0 Å². The molecule has 0 radical (unpaired) electrons. The monoisotopic (exact) mass is 289 g/mol. The molecule has 1 aromatic rings. The Kier molecular flexibility index (Phi) is 4.07. The van der Waals surface area contributed by atoms with E-state index in [1.807, 2.05) is 12.1 Å². The molecule has 2 aliphatic heterocycles. The lowest BCUT2D eigenvalue weighted by Gasteiger charge is -2.42. The second-order valence-electron chi connectivity index (χ2n) is 6.10. The maximum absolute atomic E-state index is 8.75. The number of piperazine rings is 1. The summed E-state index contributed by atoms with van der Waals surface area (Å²) < 4.78 is 0. The van der Waals surface area contributed by atoms with Gasteiger partial charge in [-0.1, -0.05) is 5.16 Å². The molecule has 2 atom stereocenters. The van der Waals surface area contributed by atoms with Crippen molar-refractivity contribution < 1.29 is 5.21 Å². The van der Waals surface area contributed by atoms with E-state index in [2.05, 4.69) is 26.9 Å². The number of nitrogens with two attached hydrogens (primary N) is 1. The molecule has 3 heterocycles. The van der Waals surface area contributed by atoms with Gasteiger partial charge in [-0.3, -0.25) is 14.8 Å². The topological polar surface area (TPSA) is 78.0 Å². The van der Waals surface area contributed by atoms with Gasteiger partial charge in [-0.15, -0.1) is 0 Å². The molecule has 2 aliphatic rings. The number of rotatable bonds is 3. The van der Waals surface area contributed by atoms with Crippen molar-refractivity contribution in [3.63, 3.8) is 0 Å². The van der Waals surface area contributed by atoms with Crippen LogP contribution in [-0.2, 0) is 6.54 Å². The van der Waals surface area contributed by atoms with Gasteiger partial charge in [0.1, 0.15) is 5.69 Å². The van der Waals surface area contributed by atoms with Gasteiger partial charge in [0.05, 0.1) is 0 Å². The number of nitrogens with zero attached hydrogens (tertiary/aromatic N) is 4. The Bertz CT molecular complexity index is 533. The highest BCUT2D eigenvalue weighted by atomic mass is 16.4. The number of amidine groups is 1. The summed E-state index contributed by atoms with van der Waals surface area (Å²) in [5, 5.41) is 11.8. The molecule has 6 nitrogen and oxygen atoms in total. The fraction of sp³-hybridized carbons (Fsp3) is 0.600. The van der Waals surface area contributed by atoms with E-state index in [1.54, 1.807) is 6.20 Å².